The van der Waals surface area contributed by atoms with Crippen molar-refractivity contribution in [1.82, 2.24) is 10.2 Å². The first-order chi connectivity index (χ1) is 15.0. The summed E-state index contributed by atoms with van der Waals surface area (Å²) in [6.45, 7) is 6.20. The second kappa shape index (κ2) is 10.8. The molecule has 1 fully saturated rings. The highest BCUT2D eigenvalue weighted by Gasteiger charge is 2.26. The number of aryl methyl sites for hydroxylation is 1. The van der Waals surface area contributed by atoms with E-state index in [1.807, 2.05) is 37.3 Å². The summed E-state index contributed by atoms with van der Waals surface area (Å²) in [5, 5.41) is 8.76. The van der Waals surface area contributed by atoms with Gasteiger partial charge in [0.05, 0.1) is 13.2 Å². The molecule has 7 heteroatoms. The Labute approximate surface area is 184 Å². The lowest BCUT2D eigenvalue weighted by atomic mass is 10.0. The molecule has 1 aliphatic rings. The highest BCUT2D eigenvalue weighted by atomic mass is 16.5. The van der Waals surface area contributed by atoms with Crippen molar-refractivity contribution in [3.05, 3.63) is 53.6 Å². The Balaban J connectivity index is 1.69. The molecule has 0 saturated carbocycles. The predicted octanol–water partition coefficient (Wildman–Crippen LogP) is 4.31. The van der Waals surface area contributed by atoms with Crippen LogP contribution < -0.4 is 20.7 Å². The zero-order valence-electron chi connectivity index (χ0n) is 18.5. The van der Waals surface area contributed by atoms with E-state index in [1.54, 1.807) is 20.1 Å². The third-order valence-corrected chi connectivity index (χ3v) is 5.63. The van der Waals surface area contributed by atoms with Gasteiger partial charge in [-0.3, -0.25) is 9.69 Å². The van der Waals surface area contributed by atoms with Gasteiger partial charge in [-0.15, -0.1) is 0 Å². The lowest BCUT2D eigenvalue weighted by molar-refractivity contribution is -0.115. The van der Waals surface area contributed by atoms with Crippen LogP contribution in [0.2, 0.25) is 0 Å². The lowest BCUT2D eigenvalue weighted by Crippen LogP contribution is -2.38. The number of amides is 3. The topological polar surface area (TPSA) is 82.7 Å². The van der Waals surface area contributed by atoms with Gasteiger partial charge in [-0.05, 0) is 56.6 Å². The molecule has 0 spiro atoms. The number of methoxy groups -OCH3 is 1. The van der Waals surface area contributed by atoms with Gasteiger partial charge in [0.15, 0.2) is 0 Å². The Kier molecular flexibility index (Phi) is 7.89. The summed E-state index contributed by atoms with van der Waals surface area (Å²) < 4.78 is 5.57. The number of likely N-dealkylation sites (tertiary alicyclic amines) is 1. The van der Waals surface area contributed by atoms with E-state index in [2.05, 4.69) is 26.9 Å². The van der Waals surface area contributed by atoms with Gasteiger partial charge in [-0.25, -0.2) is 4.79 Å². The second-order valence-corrected chi connectivity index (χ2v) is 7.77. The fourth-order valence-electron chi connectivity index (χ4n) is 3.87. The summed E-state index contributed by atoms with van der Waals surface area (Å²) >= 11 is 0. The van der Waals surface area contributed by atoms with Crippen LogP contribution in [0.3, 0.4) is 0 Å². The number of nitrogens with zero attached hydrogens (tertiary/aromatic N) is 1. The number of nitrogens with one attached hydrogen (secondary N) is 3. The van der Waals surface area contributed by atoms with Gasteiger partial charge < -0.3 is 20.7 Å². The standard InChI is InChI=1S/C24H32N4O3/c1-4-23(29)26-18-12-11-17(2)20(15-18)27-24(30)25-16-21(28-13-7-8-14-28)19-9-5-6-10-22(19)31-3/h5-6,9-12,15,21H,4,7-8,13-14,16H2,1-3H3,(H,26,29)(H2,25,27,30). The van der Waals surface area contributed by atoms with Crippen LogP contribution in [0.4, 0.5) is 16.2 Å². The molecule has 0 aromatic heterocycles. The lowest BCUT2D eigenvalue weighted by Gasteiger charge is -2.29. The minimum Gasteiger partial charge on any atom is -0.496 e. The predicted molar refractivity (Wildman–Crippen MR) is 124 cm³/mol. The summed E-state index contributed by atoms with van der Waals surface area (Å²) in [6, 6.07) is 13.2. The first kappa shape index (κ1) is 22.6. The average molecular weight is 425 g/mol. The van der Waals surface area contributed by atoms with Gasteiger partial charge in [0, 0.05) is 29.9 Å². The van der Waals surface area contributed by atoms with Crippen molar-refractivity contribution in [3.8, 4) is 5.75 Å². The average Bonchev–Trinajstić information content (AvgIpc) is 3.31. The van der Waals surface area contributed by atoms with E-state index in [-0.39, 0.29) is 18.0 Å². The van der Waals surface area contributed by atoms with Gasteiger partial charge in [-0.2, -0.15) is 0 Å². The maximum absolute atomic E-state index is 12.7. The molecule has 166 valence electrons. The first-order valence-corrected chi connectivity index (χ1v) is 10.8. The molecule has 2 aromatic carbocycles. The fraction of sp³-hybridized carbons (Fsp3) is 0.417. The van der Waals surface area contributed by atoms with Gasteiger partial charge in [0.2, 0.25) is 5.91 Å². The number of carbonyl (C=O) groups is 2. The number of anilines is 2. The Morgan fingerprint density at radius 2 is 1.84 bits per heavy atom. The van der Waals surface area contributed by atoms with E-state index in [4.69, 9.17) is 4.74 Å². The van der Waals surface area contributed by atoms with E-state index in [0.717, 1.165) is 42.8 Å². The fourth-order valence-corrected chi connectivity index (χ4v) is 3.87. The molecule has 31 heavy (non-hydrogen) atoms. The molecule has 1 saturated heterocycles. The molecule has 0 radical (unpaired) electrons. The third-order valence-electron chi connectivity index (χ3n) is 5.63. The summed E-state index contributed by atoms with van der Waals surface area (Å²) in [5.74, 6) is 0.765. The van der Waals surface area contributed by atoms with Crippen LogP contribution in [0.15, 0.2) is 42.5 Å². The van der Waals surface area contributed by atoms with Gasteiger partial charge in [0.25, 0.3) is 0 Å². The zero-order chi connectivity index (χ0) is 22.2. The molecule has 3 rings (SSSR count). The monoisotopic (exact) mass is 424 g/mol. The first-order valence-electron chi connectivity index (χ1n) is 10.8. The largest absolute Gasteiger partial charge is 0.496 e. The Hall–Kier alpha value is -3.06. The van der Waals surface area contributed by atoms with Crippen molar-refractivity contribution in [2.75, 3.05) is 37.4 Å². The van der Waals surface area contributed by atoms with Crippen molar-refractivity contribution >= 4 is 23.3 Å². The molecule has 0 bridgehead atoms. The highest BCUT2D eigenvalue weighted by Crippen LogP contribution is 2.31. The van der Waals surface area contributed by atoms with Crippen LogP contribution >= 0.6 is 0 Å². The highest BCUT2D eigenvalue weighted by molar-refractivity contribution is 5.94. The number of hydrogen-bond donors (Lipinski definition) is 3. The van der Waals surface area contributed by atoms with Crippen LogP contribution in [0, 0.1) is 6.92 Å². The van der Waals surface area contributed by atoms with Crippen LogP contribution in [0.1, 0.15) is 43.4 Å². The van der Waals surface area contributed by atoms with Crippen molar-refractivity contribution in [2.24, 2.45) is 0 Å². The second-order valence-electron chi connectivity index (χ2n) is 7.77. The number of benzene rings is 2. The summed E-state index contributed by atoms with van der Waals surface area (Å²) in [4.78, 5) is 26.8. The molecule has 2 aromatic rings. The SMILES string of the molecule is CCC(=O)Nc1ccc(C)c(NC(=O)NCC(c2ccccc2OC)N2CCCC2)c1. The maximum Gasteiger partial charge on any atom is 0.319 e. The molecule has 1 aliphatic heterocycles. The van der Waals surface area contributed by atoms with Gasteiger partial charge >= 0.3 is 6.03 Å². The Morgan fingerprint density at radius 1 is 1.10 bits per heavy atom. The molecule has 0 aliphatic carbocycles. The summed E-state index contributed by atoms with van der Waals surface area (Å²) in [5.41, 5.74) is 3.33. The van der Waals surface area contributed by atoms with Gasteiger partial charge in [0.1, 0.15) is 5.75 Å². The minimum absolute atomic E-state index is 0.0423. The minimum atomic E-state index is -0.277. The quantitative estimate of drug-likeness (QED) is 0.590. The van der Waals surface area contributed by atoms with Crippen LogP contribution in [0.5, 0.6) is 5.75 Å². The van der Waals surface area contributed by atoms with Crippen molar-refractivity contribution in [1.29, 1.82) is 0 Å². The summed E-state index contributed by atoms with van der Waals surface area (Å²) in [7, 11) is 1.67. The van der Waals surface area contributed by atoms with Crippen molar-refractivity contribution in [3.63, 3.8) is 0 Å². The van der Waals surface area contributed by atoms with E-state index in [0.29, 0.717) is 24.3 Å². The molecule has 3 N–H and O–H groups in total. The normalized spacial score (nSPS) is 14.7. The third kappa shape index (κ3) is 5.98. The van der Waals surface area contributed by atoms with Crippen molar-refractivity contribution < 1.29 is 14.3 Å². The number of urea groups is 1. The Morgan fingerprint density at radius 3 is 2.55 bits per heavy atom. The molecule has 1 heterocycles. The van der Waals surface area contributed by atoms with Crippen molar-refractivity contribution in [2.45, 2.75) is 39.2 Å². The van der Waals surface area contributed by atoms with Gasteiger partial charge in [-0.1, -0.05) is 31.2 Å². The van der Waals surface area contributed by atoms with Crippen LogP contribution in [-0.2, 0) is 4.79 Å². The molecule has 1 unspecified atom stereocenters. The summed E-state index contributed by atoms with van der Waals surface area (Å²) in [6.07, 6.45) is 2.72. The number of ether oxygens (including phenoxy) is 1. The zero-order valence-corrected chi connectivity index (χ0v) is 18.5. The smallest absolute Gasteiger partial charge is 0.319 e. The van der Waals surface area contributed by atoms with E-state index in [1.165, 1.54) is 0 Å². The van der Waals surface area contributed by atoms with E-state index >= 15 is 0 Å². The number of carbonyl (C=O) groups excluding carboxylic acids is 2. The number of hydrogen-bond acceptors (Lipinski definition) is 4. The number of para-hydroxylation sites is 1. The molecule has 1 atom stereocenters. The molecule has 7 nitrogen and oxygen atoms in total. The molecular formula is C24H32N4O3. The van der Waals surface area contributed by atoms with E-state index < -0.39 is 0 Å². The molecule has 3 amide bonds. The van der Waals surface area contributed by atoms with Crippen LogP contribution in [-0.4, -0.2) is 43.6 Å². The van der Waals surface area contributed by atoms with E-state index in [9.17, 15) is 9.59 Å². The molecular weight excluding hydrogens is 392 g/mol. The maximum atomic E-state index is 12.7. The Bertz CT molecular complexity index is 909. The van der Waals surface area contributed by atoms with Crippen LogP contribution in [0.25, 0.3) is 0 Å². The number of rotatable bonds is 8.